The van der Waals surface area contributed by atoms with Crippen LogP contribution in [0.1, 0.15) is 0 Å². The first-order valence-electron chi connectivity index (χ1n) is 1.75. The quantitative estimate of drug-likeness (QED) is 0.540. The minimum Gasteiger partial charge on any atom is -0.220 e. The summed E-state index contributed by atoms with van der Waals surface area (Å²) >= 11 is -0.0801. The lowest BCUT2D eigenvalue weighted by Gasteiger charge is -1.58. The van der Waals surface area contributed by atoms with Crippen molar-refractivity contribution in [3.8, 4) is 0 Å². The van der Waals surface area contributed by atoms with Crippen molar-refractivity contribution < 1.29 is 0 Å². The van der Waals surface area contributed by atoms with E-state index >= 15 is 0 Å². The number of hydrogen-bond acceptors (Lipinski definition) is 2. The van der Waals surface area contributed by atoms with Crippen molar-refractivity contribution in [1.82, 2.24) is 0 Å². The molecule has 3 heteroatoms. The average Bonchev–Trinajstić information content (AvgIpc) is 1.90. The zero-order valence-corrected chi connectivity index (χ0v) is 5.66. The Balaban J connectivity index is 2.86. The molecule has 0 N–H and O–H groups in total. The Kier molecular flexibility index (Phi) is 1.96. The fourth-order valence-corrected chi connectivity index (χ4v) is 0.988. The van der Waals surface area contributed by atoms with E-state index in [0.29, 0.717) is 0 Å². The highest BCUT2D eigenvalue weighted by atomic mass is 127. The van der Waals surface area contributed by atoms with Crippen molar-refractivity contribution in [2.24, 2.45) is 8.14 Å². The summed E-state index contributed by atoms with van der Waals surface area (Å²) in [6, 6.07) is 0. The summed E-state index contributed by atoms with van der Waals surface area (Å²) in [5.74, 6) is 2.62. The number of nitrogens with zero attached hydrogens (tertiary/aromatic N) is 2. The second-order valence-corrected chi connectivity index (χ2v) is 2.69. The number of halogens is 1. The van der Waals surface area contributed by atoms with E-state index in [4.69, 9.17) is 0 Å². The zero-order chi connectivity index (χ0) is 4.95. The molecular weight excluding hydrogens is 203 g/mol. The number of rotatable bonds is 0. The largest absolute Gasteiger partial charge is 0.220 e. The molecule has 0 bridgehead atoms. The normalized spacial score (nSPS) is 16.0. The summed E-state index contributed by atoms with van der Waals surface area (Å²) in [5.41, 5.74) is 0. The molecule has 0 amide bonds. The Morgan fingerprint density at radius 3 is 3.57 bits per heavy atom. The number of aliphatic imine (C=N–C) groups is 1. The van der Waals surface area contributed by atoms with Crippen molar-refractivity contribution >= 4 is 26.9 Å². The van der Waals surface area contributed by atoms with Gasteiger partial charge in [0.05, 0.1) is 6.20 Å². The van der Waals surface area contributed by atoms with Crippen LogP contribution in [-0.4, -0.2) is 5.87 Å². The maximum Gasteiger partial charge on any atom is 0.0943 e. The second-order valence-electron chi connectivity index (χ2n) is 0.858. The van der Waals surface area contributed by atoms with Crippen LogP contribution in [0.25, 0.3) is 0 Å². The van der Waals surface area contributed by atoms with Gasteiger partial charge in [-0.2, -0.15) is 0 Å². The van der Waals surface area contributed by atoms with Crippen LogP contribution in [0.3, 0.4) is 0 Å². The number of hydrogen-bond donors (Lipinski definition) is 0. The lowest BCUT2D eigenvalue weighted by Crippen LogP contribution is -1.42. The third kappa shape index (κ3) is 1.75. The molecule has 1 aliphatic heterocycles. The fraction of sp³-hybridized carbons (Fsp3) is 0. The van der Waals surface area contributed by atoms with Crippen molar-refractivity contribution in [2.45, 2.75) is 0 Å². The molecule has 2 nitrogen and oxygen atoms in total. The highest BCUT2D eigenvalue weighted by molar-refractivity contribution is 14.2. The standard InChI is InChI=1S/C4H3IN2/c1-2-6-3-4-7-5-1/h1-2,4H. The molecule has 0 aromatic rings. The molecule has 0 radical (unpaired) electrons. The topological polar surface area (TPSA) is 24.7 Å². The molecule has 0 aliphatic carbocycles. The molecule has 0 unspecified atom stereocenters. The van der Waals surface area contributed by atoms with Gasteiger partial charge in [0, 0.05) is 37.2 Å². The molecule has 0 spiro atoms. The molecule has 1 rings (SSSR count). The molecule has 7 heavy (non-hydrogen) atoms. The van der Waals surface area contributed by atoms with Gasteiger partial charge in [0.2, 0.25) is 0 Å². The molecule has 0 saturated carbocycles. The molecule has 1 heterocycles. The van der Waals surface area contributed by atoms with E-state index in [9.17, 15) is 0 Å². The molecule has 0 atom stereocenters. The third-order valence-electron chi connectivity index (χ3n) is 0.425. The summed E-state index contributed by atoms with van der Waals surface area (Å²) in [6.07, 6.45) is 3.35. The van der Waals surface area contributed by atoms with E-state index in [1.807, 2.05) is 4.08 Å². The van der Waals surface area contributed by atoms with Crippen molar-refractivity contribution in [3.63, 3.8) is 0 Å². The SMILES string of the molecule is C1=CN=IC=CN=1. The molecule has 0 fully saturated rings. The molecule has 0 saturated heterocycles. The first kappa shape index (κ1) is 4.87. The maximum absolute atomic E-state index is 3.96. The van der Waals surface area contributed by atoms with Crippen LogP contribution in [0.5, 0.6) is 0 Å². The summed E-state index contributed by atoms with van der Waals surface area (Å²) in [4.78, 5) is 3.72. The van der Waals surface area contributed by atoms with Gasteiger partial charge in [-0.15, -0.1) is 0 Å². The van der Waals surface area contributed by atoms with E-state index in [0.717, 1.165) is 0 Å². The Labute approximate surface area is 51.8 Å². The zero-order valence-electron chi connectivity index (χ0n) is 3.50. The van der Waals surface area contributed by atoms with Crippen LogP contribution >= 0.6 is 21.0 Å². The van der Waals surface area contributed by atoms with Crippen molar-refractivity contribution in [2.75, 3.05) is 0 Å². The molecule has 0 aromatic carbocycles. The highest BCUT2D eigenvalue weighted by Crippen LogP contribution is 2.02. The van der Waals surface area contributed by atoms with Crippen LogP contribution in [0.2, 0.25) is 0 Å². The van der Waals surface area contributed by atoms with Crippen LogP contribution in [0.15, 0.2) is 24.6 Å². The smallest absolute Gasteiger partial charge is 0.0943 e. The van der Waals surface area contributed by atoms with Crippen molar-refractivity contribution in [3.05, 3.63) is 16.5 Å². The van der Waals surface area contributed by atoms with E-state index < -0.39 is 0 Å². The van der Waals surface area contributed by atoms with Crippen LogP contribution in [-0.2, 0) is 0 Å². The summed E-state index contributed by atoms with van der Waals surface area (Å²) in [5, 5.41) is 0. The van der Waals surface area contributed by atoms with E-state index in [2.05, 4.69) is 14.0 Å². The summed E-state index contributed by atoms with van der Waals surface area (Å²) in [7, 11) is 0. The van der Waals surface area contributed by atoms with Crippen LogP contribution in [0.4, 0.5) is 0 Å². The Bertz CT molecular complexity index is 147. The Hall–Kier alpha value is -0.280. The van der Waals surface area contributed by atoms with Gasteiger partial charge in [0.25, 0.3) is 0 Å². The highest BCUT2D eigenvalue weighted by Gasteiger charge is 1.65. The Morgan fingerprint density at radius 1 is 1.57 bits per heavy atom. The van der Waals surface area contributed by atoms with E-state index in [1.54, 1.807) is 12.4 Å². The van der Waals surface area contributed by atoms with E-state index in [-0.39, 0.29) is 21.0 Å². The van der Waals surface area contributed by atoms with Gasteiger partial charge in [0.1, 0.15) is 0 Å². The predicted octanol–water partition coefficient (Wildman–Crippen LogP) is 1.81. The van der Waals surface area contributed by atoms with E-state index in [1.165, 1.54) is 0 Å². The molecular formula is C4H3IN2. The van der Waals surface area contributed by atoms with Gasteiger partial charge in [-0.3, -0.25) is 0 Å². The molecule has 36 valence electrons. The predicted molar refractivity (Wildman–Crippen MR) is 37.6 cm³/mol. The van der Waals surface area contributed by atoms with Crippen molar-refractivity contribution in [1.29, 1.82) is 0 Å². The second kappa shape index (κ2) is 2.82. The molecule has 1 aliphatic rings. The van der Waals surface area contributed by atoms with Gasteiger partial charge in [-0.25, -0.2) is 8.14 Å². The first-order valence-corrected chi connectivity index (χ1v) is 3.96. The summed E-state index contributed by atoms with van der Waals surface area (Å²) in [6.45, 7) is 0. The minimum atomic E-state index is -0.0801. The summed E-state index contributed by atoms with van der Waals surface area (Å²) < 4.78 is 5.95. The first-order chi connectivity index (χ1) is 3.50. The van der Waals surface area contributed by atoms with Gasteiger partial charge in [-0.05, 0) is 0 Å². The monoisotopic (exact) mass is 206 g/mol. The third-order valence-corrected chi connectivity index (χ3v) is 1.67. The minimum absolute atomic E-state index is 0.0801. The Morgan fingerprint density at radius 2 is 2.57 bits per heavy atom. The lowest BCUT2D eigenvalue weighted by molar-refractivity contribution is 1.62. The van der Waals surface area contributed by atoms with Gasteiger partial charge >= 0.3 is 0 Å². The van der Waals surface area contributed by atoms with Gasteiger partial charge < -0.3 is 0 Å². The maximum atomic E-state index is 3.96. The van der Waals surface area contributed by atoms with Gasteiger partial charge in [-0.1, -0.05) is 0 Å². The average molecular weight is 206 g/mol. The van der Waals surface area contributed by atoms with Crippen LogP contribution < -0.4 is 0 Å². The lowest BCUT2D eigenvalue weighted by atomic mass is 11.0. The molecule has 0 aromatic heterocycles. The van der Waals surface area contributed by atoms with Crippen LogP contribution in [0, 0.1) is 0 Å². The fourth-order valence-electron chi connectivity index (χ4n) is 0.212. The van der Waals surface area contributed by atoms with Gasteiger partial charge in [0.15, 0.2) is 0 Å².